The van der Waals surface area contributed by atoms with Crippen LogP contribution in [0.1, 0.15) is 96.6 Å². The van der Waals surface area contributed by atoms with Crippen LogP contribution in [0.5, 0.6) is 0 Å². The van der Waals surface area contributed by atoms with Crippen molar-refractivity contribution in [3.05, 3.63) is 151 Å². The molecule has 1 aliphatic carbocycles. The van der Waals surface area contributed by atoms with Gasteiger partial charge < -0.3 is 9.40 Å². The van der Waals surface area contributed by atoms with E-state index in [4.69, 9.17) is 14.4 Å². The standard InChI is InChI=1S/C29H28N3O.C21H21N2.Ir/c1-28(2,3)25-17-23(31-27(32-25)29(4,5)6)18-13-14-24-21(16-18)19-10-9-11-20(26(19)33-24)22-12-7-8-15-30-22;1-3-7-17(8-4-1)18-11-13-19(14-12-18)20-15-22-23(16-20)21-9-5-2-6-10-21;/h7-10,12-17H,1-6H3;2,5-6,9,11-17H,1,3-4,7-8H2;/q2*-1;. The van der Waals surface area contributed by atoms with Crippen molar-refractivity contribution in [2.24, 2.45) is 0 Å². The summed E-state index contributed by atoms with van der Waals surface area (Å²) in [7, 11) is 0. The Morgan fingerprint density at radius 3 is 2.16 bits per heavy atom. The molecular weight excluding hydrogens is 879 g/mol. The molecule has 0 N–H and O–H groups in total. The second kappa shape index (κ2) is 16.7. The molecule has 1 saturated carbocycles. The van der Waals surface area contributed by atoms with Gasteiger partial charge in [-0.2, -0.15) is 29.4 Å². The van der Waals surface area contributed by atoms with E-state index in [1.807, 2.05) is 65.5 Å². The van der Waals surface area contributed by atoms with Crippen LogP contribution in [0.2, 0.25) is 0 Å². The van der Waals surface area contributed by atoms with Crippen molar-refractivity contribution in [2.75, 3.05) is 0 Å². The summed E-state index contributed by atoms with van der Waals surface area (Å²) in [6, 6.07) is 41.7. The molecule has 7 heteroatoms. The van der Waals surface area contributed by atoms with Crippen LogP contribution >= 0.6 is 0 Å². The SMILES string of the molecule is CC(C)(C)c1cc(-c2ccc3oc4c(-c5ccccn5)[c-]ccc4c3c2)nc(C(C)(C)C)n1.[Ir].[c-]1ccccc1-n1cc(-c2ccc(C3CCCCC3)cc2)cn1. The average molecular weight is 928 g/mol. The summed E-state index contributed by atoms with van der Waals surface area (Å²) < 4.78 is 8.16. The van der Waals surface area contributed by atoms with Crippen LogP contribution in [0.25, 0.3) is 61.3 Å². The largest absolute Gasteiger partial charge is 0.501 e. The van der Waals surface area contributed by atoms with Gasteiger partial charge in [0.2, 0.25) is 0 Å². The van der Waals surface area contributed by atoms with Gasteiger partial charge in [0.1, 0.15) is 11.4 Å². The number of furan rings is 1. The van der Waals surface area contributed by atoms with Crippen molar-refractivity contribution in [1.29, 1.82) is 0 Å². The number of rotatable bonds is 5. The Labute approximate surface area is 350 Å². The number of nitrogens with zero attached hydrogens (tertiary/aromatic N) is 5. The first-order chi connectivity index (χ1) is 27.0. The maximum absolute atomic E-state index is 6.28. The van der Waals surface area contributed by atoms with Crippen molar-refractivity contribution < 1.29 is 24.5 Å². The third-order valence-corrected chi connectivity index (χ3v) is 10.7. The number of benzene rings is 4. The van der Waals surface area contributed by atoms with E-state index in [-0.39, 0.29) is 30.9 Å². The molecule has 0 spiro atoms. The topological polar surface area (TPSA) is 69.6 Å². The number of hydrogen-bond donors (Lipinski definition) is 0. The number of fused-ring (bicyclic) bond motifs is 3. The van der Waals surface area contributed by atoms with Crippen molar-refractivity contribution in [3.8, 4) is 39.3 Å². The van der Waals surface area contributed by atoms with E-state index in [2.05, 4.69) is 118 Å². The fourth-order valence-electron chi connectivity index (χ4n) is 7.43. The first-order valence-electron chi connectivity index (χ1n) is 19.8. The minimum atomic E-state index is -0.143. The van der Waals surface area contributed by atoms with E-state index in [0.717, 1.165) is 73.1 Å². The van der Waals surface area contributed by atoms with Crippen LogP contribution < -0.4 is 0 Å². The Kier molecular flexibility index (Phi) is 11.7. The molecule has 4 heterocycles. The third-order valence-electron chi connectivity index (χ3n) is 10.7. The van der Waals surface area contributed by atoms with Gasteiger partial charge in [-0.25, -0.2) is 9.97 Å². The van der Waals surface area contributed by atoms with Gasteiger partial charge in [-0.1, -0.05) is 108 Å². The number of pyridine rings is 1. The normalized spacial score (nSPS) is 13.6. The Bertz CT molecular complexity index is 2540. The minimum Gasteiger partial charge on any atom is -0.501 e. The van der Waals surface area contributed by atoms with Gasteiger partial charge >= 0.3 is 0 Å². The number of para-hydroxylation sites is 1. The van der Waals surface area contributed by atoms with E-state index in [1.165, 1.54) is 43.2 Å². The summed E-state index contributed by atoms with van der Waals surface area (Å²) in [5.41, 5.74) is 11.0. The van der Waals surface area contributed by atoms with Crippen LogP contribution in [0.15, 0.2) is 126 Å². The van der Waals surface area contributed by atoms with E-state index in [0.29, 0.717) is 0 Å². The maximum atomic E-state index is 6.28. The first-order valence-corrected chi connectivity index (χ1v) is 19.8. The van der Waals surface area contributed by atoms with Crippen LogP contribution in [-0.4, -0.2) is 24.7 Å². The van der Waals surface area contributed by atoms with Crippen LogP contribution in [0.3, 0.4) is 0 Å². The van der Waals surface area contributed by atoms with Gasteiger partial charge in [-0.3, -0.25) is 4.68 Å². The molecule has 1 radical (unpaired) electrons. The molecule has 4 aromatic heterocycles. The van der Waals surface area contributed by atoms with E-state index < -0.39 is 0 Å². The summed E-state index contributed by atoms with van der Waals surface area (Å²) in [4.78, 5) is 14.4. The number of hydrogen-bond acceptors (Lipinski definition) is 5. The molecule has 1 aliphatic rings. The van der Waals surface area contributed by atoms with Crippen LogP contribution in [0.4, 0.5) is 0 Å². The molecule has 291 valence electrons. The predicted octanol–water partition coefficient (Wildman–Crippen LogP) is 12.9. The van der Waals surface area contributed by atoms with Crippen LogP contribution in [0, 0.1) is 12.1 Å². The average Bonchev–Trinajstić information content (AvgIpc) is 3.87. The van der Waals surface area contributed by atoms with Crippen molar-refractivity contribution in [1.82, 2.24) is 24.7 Å². The molecule has 0 amide bonds. The molecule has 0 atom stereocenters. The first kappa shape index (κ1) is 40.0. The molecule has 8 aromatic rings. The molecule has 57 heavy (non-hydrogen) atoms. The van der Waals surface area contributed by atoms with E-state index in [9.17, 15) is 0 Å². The van der Waals surface area contributed by atoms with Crippen molar-refractivity contribution >= 4 is 21.9 Å². The summed E-state index contributed by atoms with van der Waals surface area (Å²) in [5.74, 6) is 1.62. The Balaban J connectivity index is 0.000000182. The second-order valence-electron chi connectivity index (χ2n) is 17.0. The summed E-state index contributed by atoms with van der Waals surface area (Å²) in [5, 5.41) is 6.57. The zero-order chi connectivity index (χ0) is 38.9. The molecule has 9 rings (SSSR count). The molecule has 4 aromatic carbocycles. The predicted molar refractivity (Wildman–Crippen MR) is 228 cm³/mol. The zero-order valence-corrected chi connectivity index (χ0v) is 36.0. The Morgan fingerprint density at radius 2 is 1.46 bits per heavy atom. The molecule has 0 bridgehead atoms. The van der Waals surface area contributed by atoms with Gasteiger partial charge in [0.25, 0.3) is 0 Å². The summed E-state index contributed by atoms with van der Waals surface area (Å²) in [6.45, 7) is 13.0. The fraction of sp³-hybridized carbons (Fsp3) is 0.280. The maximum Gasteiger partial charge on any atom is 0.134 e. The van der Waals surface area contributed by atoms with Gasteiger partial charge in [-0.05, 0) is 71.6 Å². The summed E-state index contributed by atoms with van der Waals surface area (Å²) >= 11 is 0. The van der Waals surface area contributed by atoms with Gasteiger partial charge in [0.05, 0.1) is 23.2 Å². The number of aromatic nitrogens is 5. The molecule has 0 aliphatic heterocycles. The molecule has 6 nitrogen and oxygen atoms in total. The molecule has 0 saturated heterocycles. The third kappa shape index (κ3) is 8.86. The smallest absolute Gasteiger partial charge is 0.134 e. The second-order valence-corrected chi connectivity index (χ2v) is 17.0. The quantitative estimate of drug-likeness (QED) is 0.161. The van der Waals surface area contributed by atoms with Crippen molar-refractivity contribution in [3.63, 3.8) is 0 Å². The Morgan fingerprint density at radius 1 is 0.684 bits per heavy atom. The van der Waals surface area contributed by atoms with Gasteiger partial charge in [-0.15, -0.1) is 24.3 Å². The zero-order valence-electron chi connectivity index (χ0n) is 33.6. The van der Waals surface area contributed by atoms with Crippen LogP contribution in [-0.2, 0) is 30.9 Å². The van der Waals surface area contributed by atoms with Crippen molar-refractivity contribution in [2.45, 2.75) is 90.4 Å². The van der Waals surface area contributed by atoms with E-state index >= 15 is 0 Å². The molecular formula is C50H49IrN5O-2. The minimum absolute atomic E-state index is 0. The monoisotopic (exact) mass is 928 g/mol. The van der Waals surface area contributed by atoms with E-state index in [1.54, 1.807) is 6.20 Å². The van der Waals surface area contributed by atoms with Gasteiger partial charge in [0.15, 0.2) is 0 Å². The molecule has 0 unspecified atom stereocenters. The fourth-order valence-corrected chi connectivity index (χ4v) is 7.43. The Hall–Kier alpha value is -5.23. The molecule has 1 fully saturated rings. The van der Waals surface area contributed by atoms with Gasteiger partial charge in [0, 0.05) is 59.8 Å². The summed E-state index contributed by atoms with van der Waals surface area (Å²) in [6.07, 6.45) is 12.7.